The largest absolute Gasteiger partial charge is 0.330 e. The predicted molar refractivity (Wildman–Crippen MR) is 97.2 cm³/mol. The van der Waals surface area contributed by atoms with Gasteiger partial charge in [0.15, 0.2) is 0 Å². The molecule has 0 aromatic rings. The fourth-order valence-electron chi connectivity index (χ4n) is 3.15. The molecule has 7 atom stereocenters. The Hall–Kier alpha value is -0.200. The standard InChI is InChI=1S/C17H41N5/c1-11(5-7-18)15(20)9-13(3)16(21)10-14(4)17(22)12(2)6-8-19/h11-17H,5-10,18-22H2,1-4H3. The van der Waals surface area contributed by atoms with Crippen LogP contribution in [-0.4, -0.2) is 31.2 Å². The van der Waals surface area contributed by atoms with E-state index in [-0.39, 0.29) is 18.1 Å². The Balaban J connectivity index is 4.30. The Morgan fingerprint density at radius 3 is 1.50 bits per heavy atom. The van der Waals surface area contributed by atoms with Gasteiger partial charge < -0.3 is 28.7 Å². The zero-order valence-corrected chi connectivity index (χ0v) is 15.2. The van der Waals surface area contributed by atoms with Gasteiger partial charge in [0.2, 0.25) is 0 Å². The maximum atomic E-state index is 6.39. The van der Waals surface area contributed by atoms with Crippen LogP contribution in [0.3, 0.4) is 0 Å². The fraction of sp³-hybridized carbons (Fsp3) is 1.00. The van der Waals surface area contributed by atoms with Gasteiger partial charge in [-0.2, -0.15) is 0 Å². The van der Waals surface area contributed by atoms with Crippen LogP contribution in [0.5, 0.6) is 0 Å². The molecule has 0 saturated carbocycles. The molecule has 0 spiro atoms. The maximum Gasteiger partial charge on any atom is 0.00914 e. The van der Waals surface area contributed by atoms with Crippen molar-refractivity contribution in [1.29, 1.82) is 0 Å². The monoisotopic (exact) mass is 315 g/mol. The second kappa shape index (κ2) is 11.4. The molecule has 10 N–H and O–H groups in total. The highest BCUT2D eigenvalue weighted by Crippen LogP contribution is 2.23. The van der Waals surface area contributed by atoms with Crippen LogP contribution < -0.4 is 28.7 Å². The van der Waals surface area contributed by atoms with Crippen molar-refractivity contribution < 1.29 is 0 Å². The lowest BCUT2D eigenvalue weighted by molar-refractivity contribution is 0.259. The average molecular weight is 316 g/mol. The summed E-state index contributed by atoms with van der Waals surface area (Å²) in [6.45, 7) is 10.1. The Morgan fingerprint density at radius 1 is 0.591 bits per heavy atom. The van der Waals surface area contributed by atoms with Crippen molar-refractivity contribution >= 4 is 0 Å². The first-order chi connectivity index (χ1) is 10.2. The molecule has 0 fully saturated rings. The van der Waals surface area contributed by atoms with Crippen LogP contribution in [0.15, 0.2) is 0 Å². The van der Waals surface area contributed by atoms with Gasteiger partial charge in [-0.05, 0) is 62.4 Å². The van der Waals surface area contributed by atoms with E-state index in [4.69, 9.17) is 28.7 Å². The van der Waals surface area contributed by atoms with Gasteiger partial charge in [-0.1, -0.05) is 27.7 Å². The molecule has 0 aliphatic heterocycles. The smallest absolute Gasteiger partial charge is 0.00914 e. The summed E-state index contributed by atoms with van der Waals surface area (Å²) >= 11 is 0. The van der Waals surface area contributed by atoms with Crippen molar-refractivity contribution in [2.24, 2.45) is 52.3 Å². The topological polar surface area (TPSA) is 130 Å². The minimum atomic E-state index is 0.141. The van der Waals surface area contributed by atoms with E-state index in [2.05, 4.69) is 27.7 Å². The Kier molecular flexibility index (Phi) is 11.3. The van der Waals surface area contributed by atoms with Gasteiger partial charge in [0.05, 0.1) is 0 Å². The maximum absolute atomic E-state index is 6.39. The van der Waals surface area contributed by atoms with Crippen LogP contribution in [-0.2, 0) is 0 Å². The third kappa shape index (κ3) is 7.88. The van der Waals surface area contributed by atoms with E-state index in [0.717, 1.165) is 25.7 Å². The lowest BCUT2D eigenvalue weighted by atomic mass is 9.80. The molecule has 0 aromatic heterocycles. The summed E-state index contributed by atoms with van der Waals surface area (Å²) in [7, 11) is 0. The molecule has 22 heavy (non-hydrogen) atoms. The summed E-state index contributed by atoms with van der Waals surface area (Å²) in [4.78, 5) is 0. The van der Waals surface area contributed by atoms with Crippen molar-refractivity contribution in [3.8, 4) is 0 Å². The summed E-state index contributed by atoms with van der Waals surface area (Å²) in [5.41, 5.74) is 30.2. The number of rotatable bonds is 12. The molecule has 7 unspecified atom stereocenters. The SMILES string of the molecule is CC(CCN)C(N)CC(C)C(N)CC(C)C(N)C(C)CCN. The van der Waals surface area contributed by atoms with E-state index >= 15 is 0 Å². The Bertz CT molecular complexity index is 274. The Labute approximate surface area is 137 Å². The minimum Gasteiger partial charge on any atom is -0.330 e. The second-order valence-corrected chi connectivity index (χ2v) is 7.44. The van der Waals surface area contributed by atoms with E-state index in [9.17, 15) is 0 Å². The predicted octanol–water partition coefficient (Wildman–Crippen LogP) is 0.991. The molecule has 0 aromatic carbocycles. The van der Waals surface area contributed by atoms with Crippen LogP contribution in [0.4, 0.5) is 0 Å². The molecular formula is C17H41N5. The molecule has 0 amide bonds. The molecular weight excluding hydrogens is 274 g/mol. The van der Waals surface area contributed by atoms with Crippen LogP contribution in [0, 0.1) is 23.7 Å². The van der Waals surface area contributed by atoms with Crippen molar-refractivity contribution in [1.82, 2.24) is 0 Å². The summed E-state index contributed by atoms with van der Waals surface area (Å²) in [5.74, 6) is 1.68. The molecule has 134 valence electrons. The minimum absolute atomic E-state index is 0.141. The molecule has 0 heterocycles. The number of hydrogen-bond donors (Lipinski definition) is 5. The average Bonchev–Trinajstić information content (AvgIpc) is 2.46. The van der Waals surface area contributed by atoms with E-state index < -0.39 is 0 Å². The van der Waals surface area contributed by atoms with E-state index in [0.29, 0.717) is 36.8 Å². The van der Waals surface area contributed by atoms with Gasteiger partial charge in [-0.3, -0.25) is 0 Å². The lowest BCUT2D eigenvalue weighted by Gasteiger charge is -2.31. The molecule has 5 nitrogen and oxygen atoms in total. The third-order valence-electron chi connectivity index (χ3n) is 5.31. The highest BCUT2D eigenvalue weighted by atomic mass is 14.7. The summed E-state index contributed by atoms with van der Waals surface area (Å²) in [6.07, 6.45) is 3.83. The normalized spacial score (nSPS) is 21.7. The van der Waals surface area contributed by atoms with Crippen molar-refractivity contribution in [2.45, 2.75) is 71.5 Å². The van der Waals surface area contributed by atoms with Crippen LogP contribution in [0.25, 0.3) is 0 Å². The first-order valence-corrected chi connectivity index (χ1v) is 8.91. The van der Waals surface area contributed by atoms with Gasteiger partial charge >= 0.3 is 0 Å². The molecule has 0 radical (unpaired) electrons. The van der Waals surface area contributed by atoms with Crippen molar-refractivity contribution in [3.63, 3.8) is 0 Å². The van der Waals surface area contributed by atoms with Gasteiger partial charge in [0, 0.05) is 18.1 Å². The van der Waals surface area contributed by atoms with E-state index in [1.165, 1.54) is 0 Å². The fourth-order valence-corrected chi connectivity index (χ4v) is 3.15. The van der Waals surface area contributed by atoms with Crippen LogP contribution in [0.1, 0.15) is 53.4 Å². The highest BCUT2D eigenvalue weighted by molar-refractivity contribution is 4.83. The molecule has 0 aliphatic rings. The van der Waals surface area contributed by atoms with Crippen molar-refractivity contribution in [3.05, 3.63) is 0 Å². The third-order valence-corrected chi connectivity index (χ3v) is 5.31. The first kappa shape index (κ1) is 21.8. The van der Waals surface area contributed by atoms with Crippen LogP contribution >= 0.6 is 0 Å². The first-order valence-electron chi connectivity index (χ1n) is 8.91. The molecule has 5 heteroatoms. The zero-order chi connectivity index (χ0) is 17.3. The van der Waals surface area contributed by atoms with Crippen molar-refractivity contribution in [2.75, 3.05) is 13.1 Å². The summed E-state index contributed by atoms with van der Waals surface area (Å²) in [6, 6.07) is 0.471. The van der Waals surface area contributed by atoms with Gasteiger partial charge in [-0.15, -0.1) is 0 Å². The summed E-state index contributed by atoms with van der Waals surface area (Å²) < 4.78 is 0. The van der Waals surface area contributed by atoms with Crippen LogP contribution in [0.2, 0.25) is 0 Å². The Morgan fingerprint density at radius 2 is 1.00 bits per heavy atom. The number of nitrogens with two attached hydrogens (primary N) is 5. The lowest BCUT2D eigenvalue weighted by Crippen LogP contribution is -2.42. The summed E-state index contributed by atoms with van der Waals surface area (Å²) in [5, 5.41) is 0. The molecule has 0 bridgehead atoms. The molecule has 0 rings (SSSR count). The number of hydrogen-bond acceptors (Lipinski definition) is 5. The second-order valence-electron chi connectivity index (χ2n) is 7.44. The highest BCUT2D eigenvalue weighted by Gasteiger charge is 2.25. The van der Waals surface area contributed by atoms with E-state index in [1.54, 1.807) is 0 Å². The molecule has 0 saturated heterocycles. The van der Waals surface area contributed by atoms with Gasteiger partial charge in [0.1, 0.15) is 0 Å². The van der Waals surface area contributed by atoms with Gasteiger partial charge in [-0.25, -0.2) is 0 Å². The quantitative estimate of drug-likeness (QED) is 0.366. The molecule has 0 aliphatic carbocycles. The van der Waals surface area contributed by atoms with Gasteiger partial charge in [0.25, 0.3) is 0 Å². The zero-order valence-electron chi connectivity index (χ0n) is 15.2. The van der Waals surface area contributed by atoms with E-state index in [1.807, 2.05) is 0 Å².